The third-order valence-corrected chi connectivity index (χ3v) is 5.92. The summed E-state index contributed by atoms with van der Waals surface area (Å²) in [5, 5.41) is 19.6. The molecule has 0 aliphatic rings. The number of hydrogen-bond acceptors (Lipinski definition) is 7. The summed E-state index contributed by atoms with van der Waals surface area (Å²) in [5.74, 6) is 1.67. The van der Waals surface area contributed by atoms with Gasteiger partial charge in [-0.05, 0) is 54.9 Å². The summed E-state index contributed by atoms with van der Waals surface area (Å²) >= 11 is 6.77. The van der Waals surface area contributed by atoms with E-state index in [1.165, 1.54) is 11.3 Å². The highest BCUT2D eigenvalue weighted by molar-refractivity contribution is 7.80. The van der Waals surface area contributed by atoms with E-state index >= 15 is 0 Å². The number of carbonyl (C=O) groups excluding carboxylic acids is 1. The van der Waals surface area contributed by atoms with Gasteiger partial charge in [-0.15, -0.1) is 10.2 Å². The number of carbonyl (C=O) groups is 1. The zero-order chi connectivity index (χ0) is 23.4. The number of benzene rings is 2. The van der Waals surface area contributed by atoms with Crippen molar-refractivity contribution in [2.75, 3.05) is 6.61 Å². The summed E-state index contributed by atoms with van der Waals surface area (Å²) < 4.78 is 7.38. The molecule has 2 aromatic carbocycles. The molecule has 0 saturated carbocycles. The highest BCUT2D eigenvalue weighted by Crippen LogP contribution is 2.25. The Morgan fingerprint density at radius 3 is 2.52 bits per heavy atom. The molecule has 1 amide bonds. The Morgan fingerprint density at radius 1 is 1.12 bits per heavy atom. The molecule has 2 aromatic heterocycles. The van der Waals surface area contributed by atoms with E-state index in [1.807, 2.05) is 31.2 Å². The van der Waals surface area contributed by atoms with Crippen LogP contribution in [0.3, 0.4) is 0 Å². The summed E-state index contributed by atoms with van der Waals surface area (Å²) in [4.78, 5) is 13.2. The van der Waals surface area contributed by atoms with E-state index in [0.29, 0.717) is 24.6 Å². The summed E-state index contributed by atoms with van der Waals surface area (Å²) in [6.07, 6.45) is 0. The van der Waals surface area contributed by atoms with E-state index in [1.54, 1.807) is 28.8 Å². The van der Waals surface area contributed by atoms with Crippen LogP contribution in [0.15, 0.2) is 48.5 Å². The Kier molecular flexibility index (Phi) is 6.95. The summed E-state index contributed by atoms with van der Waals surface area (Å²) in [6.45, 7) is 7.17. The van der Waals surface area contributed by atoms with E-state index < -0.39 is 0 Å². The second-order valence-corrected chi connectivity index (χ2v) is 9.28. The lowest BCUT2D eigenvalue weighted by Gasteiger charge is -2.11. The molecule has 0 unspecified atom stereocenters. The number of amides is 1. The lowest BCUT2D eigenvalue weighted by Crippen LogP contribution is -2.38. The Balaban J connectivity index is 1.28. The third kappa shape index (κ3) is 5.71. The van der Waals surface area contributed by atoms with Gasteiger partial charge >= 0.3 is 0 Å². The van der Waals surface area contributed by atoms with Gasteiger partial charge in [0.2, 0.25) is 4.96 Å². The first-order valence-corrected chi connectivity index (χ1v) is 11.7. The van der Waals surface area contributed by atoms with Crippen molar-refractivity contribution in [2.24, 2.45) is 5.92 Å². The van der Waals surface area contributed by atoms with E-state index in [4.69, 9.17) is 17.0 Å². The maximum Gasteiger partial charge on any atom is 0.257 e. The lowest BCUT2D eigenvalue weighted by atomic mass is 10.1. The van der Waals surface area contributed by atoms with Crippen LogP contribution in [0.5, 0.6) is 5.75 Å². The molecule has 0 radical (unpaired) electrons. The van der Waals surface area contributed by atoms with E-state index in [0.717, 1.165) is 32.7 Å². The topological polar surface area (TPSA) is 93.4 Å². The molecule has 4 aromatic rings. The van der Waals surface area contributed by atoms with Crippen molar-refractivity contribution in [3.8, 4) is 16.3 Å². The molecule has 0 saturated heterocycles. The van der Waals surface area contributed by atoms with Gasteiger partial charge in [-0.3, -0.25) is 10.1 Å². The fraction of sp³-hybridized carbons (Fsp3) is 0.261. The highest BCUT2D eigenvalue weighted by atomic mass is 32.1. The van der Waals surface area contributed by atoms with Gasteiger partial charge in [0.05, 0.1) is 6.61 Å². The molecule has 33 heavy (non-hydrogen) atoms. The molecular formula is C23H24N6O2S2. The third-order valence-electron chi connectivity index (χ3n) is 4.73. The molecule has 0 atom stereocenters. The zero-order valence-corrected chi connectivity index (χ0v) is 20.2. The van der Waals surface area contributed by atoms with Crippen LogP contribution in [-0.4, -0.2) is 37.4 Å². The second kappa shape index (κ2) is 10.1. The predicted octanol–water partition coefficient (Wildman–Crippen LogP) is 4.00. The average molecular weight is 481 g/mol. The summed E-state index contributed by atoms with van der Waals surface area (Å²) in [7, 11) is 0. The maximum atomic E-state index is 12.4. The van der Waals surface area contributed by atoms with Crippen molar-refractivity contribution < 1.29 is 9.53 Å². The Morgan fingerprint density at radius 2 is 1.85 bits per heavy atom. The van der Waals surface area contributed by atoms with Crippen LogP contribution in [0.2, 0.25) is 0 Å². The molecule has 170 valence electrons. The van der Waals surface area contributed by atoms with E-state index in [9.17, 15) is 4.79 Å². The van der Waals surface area contributed by atoms with Crippen molar-refractivity contribution >= 4 is 39.5 Å². The van der Waals surface area contributed by atoms with Crippen LogP contribution >= 0.6 is 23.6 Å². The Labute approximate surface area is 201 Å². The molecule has 4 rings (SSSR count). The first-order chi connectivity index (χ1) is 15.9. The minimum atomic E-state index is -0.267. The number of nitrogens with zero attached hydrogens (tertiary/aromatic N) is 4. The number of aromatic nitrogens is 4. The Hall–Kier alpha value is -3.37. The summed E-state index contributed by atoms with van der Waals surface area (Å²) in [6, 6.07) is 15.0. The van der Waals surface area contributed by atoms with Gasteiger partial charge in [0.1, 0.15) is 10.8 Å². The monoisotopic (exact) mass is 480 g/mol. The maximum absolute atomic E-state index is 12.4. The number of rotatable bonds is 7. The number of hydrogen-bond donors (Lipinski definition) is 2. The lowest BCUT2D eigenvalue weighted by molar-refractivity contribution is 0.0976. The van der Waals surface area contributed by atoms with Gasteiger partial charge in [-0.1, -0.05) is 49.4 Å². The van der Waals surface area contributed by atoms with Crippen LogP contribution < -0.4 is 15.4 Å². The van der Waals surface area contributed by atoms with Crippen LogP contribution in [0.25, 0.3) is 15.5 Å². The quantitative estimate of drug-likeness (QED) is 0.386. The molecule has 2 heterocycles. The van der Waals surface area contributed by atoms with Gasteiger partial charge < -0.3 is 10.1 Å². The number of aryl methyl sites for hydroxylation is 1. The smallest absolute Gasteiger partial charge is 0.257 e. The number of fused-ring (bicyclic) bond motifs is 1. The second-order valence-electron chi connectivity index (χ2n) is 7.91. The normalized spacial score (nSPS) is 11.0. The molecule has 0 fully saturated rings. The van der Waals surface area contributed by atoms with Crippen LogP contribution in [0, 0.1) is 12.8 Å². The molecule has 0 bridgehead atoms. The van der Waals surface area contributed by atoms with Gasteiger partial charge in [-0.25, -0.2) is 0 Å². The van der Waals surface area contributed by atoms with Crippen LogP contribution in [0.4, 0.5) is 0 Å². The van der Waals surface area contributed by atoms with Gasteiger partial charge in [0.15, 0.2) is 10.9 Å². The van der Waals surface area contributed by atoms with Crippen LogP contribution in [0.1, 0.15) is 35.6 Å². The van der Waals surface area contributed by atoms with Crippen molar-refractivity contribution in [1.29, 1.82) is 0 Å². The largest absolute Gasteiger partial charge is 0.493 e. The number of ether oxygens (including phenoxy) is 1. The fourth-order valence-corrected chi connectivity index (χ4v) is 4.02. The van der Waals surface area contributed by atoms with Crippen molar-refractivity contribution in [2.45, 2.75) is 27.3 Å². The SMILES string of the molecule is Cc1nnc2sc(-c3ccc(CNC(=S)NC(=O)c4ccc(OCC(C)C)cc4)cc3)nn12. The molecule has 8 nitrogen and oxygen atoms in total. The molecular weight excluding hydrogens is 456 g/mol. The van der Waals surface area contributed by atoms with Crippen LogP contribution in [-0.2, 0) is 6.54 Å². The summed E-state index contributed by atoms with van der Waals surface area (Å²) in [5.41, 5.74) is 2.55. The molecule has 0 spiro atoms. The number of nitrogens with one attached hydrogen (secondary N) is 2. The minimum Gasteiger partial charge on any atom is -0.493 e. The van der Waals surface area contributed by atoms with Crippen molar-refractivity contribution in [1.82, 2.24) is 30.4 Å². The van der Waals surface area contributed by atoms with Gasteiger partial charge in [0, 0.05) is 17.7 Å². The van der Waals surface area contributed by atoms with Crippen molar-refractivity contribution in [3.05, 3.63) is 65.5 Å². The molecule has 0 aliphatic heterocycles. The predicted molar refractivity (Wildman–Crippen MR) is 133 cm³/mol. The standard InChI is InChI=1S/C23H24N6O2S2/c1-14(2)13-31-19-10-8-17(9-11-19)20(30)25-22(32)24-12-16-4-6-18(7-5-16)21-28-29-15(3)26-27-23(29)33-21/h4-11,14H,12-13H2,1-3H3,(H2,24,25,30,32). The van der Waals surface area contributed by atoms with E-state index in [-0.39, 0.29) is 11.0 Å². The first kappa shape index (κ1) is 22.8. The van der Waals surface area contributed by atoms with Gasteiger partial charge in [-0.2, -0.15) is 9.61 Å². The average Bonchev–Trinajstić information content (AvgIpc) is 3.39. The number of thiocarbonyl (C=S) groups is 1. The fourth-order valence-electron chi connectivity index (χ4n) is 2.96. The highest BCUT2D eigenvalue weighted by Gasteiger charge is 2.11. The zero-order valence-electron chi connectivity index (χ0n) is 18.5. The van der Waals surface area contributed by atoms with Crippen molar-refractivity contribution in [3.63, 3.8) is 0 Å². The molecule has 10 heteroatoms. The van der Waals surface area contributed by atoms with E-state index in [2.05, 4.69) is 39.8 Å². The molecule has 0 aliphatic carbocycles. The van der Waals surface area contributed by atoms with Gasteiger partial charge in [0.25, 0.3) is 5.91 Å². The minimum absolute atomic E-state index is 0.267. The Bertz CT molecular complexity index is 1260. The first-order valence-electron chi connectivity index (χ1n) is 10.5. The molecule has 2 N–H and O–H groups in total.